The summed E-state index contributed by atoms with van der Waals surface area (Å²) in [4.78, 5) is 24.1. The van der Waals surface area contributed by atoms with Crippen molar-refractivity contribution in [1.82, 2.24) is 0 Å². The van der Waals surface area contributed by atoms with E-state index in [0.29, 0.717) is 26.1 Å². The van der Waals surface area contributed by atoms with Gasteiger partial charge < -0.3 is 14.8 Å². The zero-order chi connectivity index (χ0) is 24.9. The molecular formula is C22H20Br2N2O6S2. The van der Waals surface area contributed by atoms with E-state index < -0.39 is 35.1 Å². The molecule has 0 fully saturated rings. The molecule has 0 atom stereocenters. The van der Waals surface area contributed by atoms with Crippen LogP contribution in [0.5, 0.6) is 5.75 Å². The van der Waals surface area contributed by atoms with Gasteiger partial charge in [-0.25, -0.2) is 13.2 Å². The Hall–Kier alpha value is -2.41. The lowest BCUT2D eigenvalue weighted by Gasteiger charge is -2.18. The van der Waals surface area contributed by atoms with Crippen LogP contribution in [0, 0.1) is 6.92 Å². The fourth-order valence-electron chi connectivity index (χ4n) is 2.76. The smallest absolute Gasteiger partial charge is 0.344 e. The number of ether oxygens (including phenoxy) is 2. The van der Waals surface area contributed by atoms with E-state index in [2.05, 4.69) is 37.2 Å². The molecule has 1 heterocycles. The summed E-state index contributed by atoms with van der Waals surface area (Å²) in [6.07, 6.45) is 0. The molecule has 0 saturated carbocycles. The lowest BCUT2D eigenvalue weighted by atomic mass is 10.2. The van der Waals surface area contributed by atoms with Gasteiger partial charge in [-0.3, -0.25) is 9.10 Å². The van der Waals surface area contributed by atoms with Crippen LogP contribution in [0.4, 0.5) is 11.4 Å². The average Bonchev–Trinajstić information content (AvgIpc) is 3.34. The van der Waals surface area contributed by atoms with Gasteiger partial charge in [-0.1, -0.05) is 6.07 Å². The second kappa shape index (κ2) is 11.3. The van der Waals surface area contributed by atoms with E-state index in [1.54, 1.807) is 35.7 Å². The highest BCUT2D eigenvalue weighted by atomic mass is 79.9. The summed E-state index contributed by atoms with van der Waals surface area (Å²) in [5.41, 5.74) is 1.98. The number of anilines is 2. The largest absolute Gasteiger partial charge is 0.482 e. The summed E-state index contributed by atoms with van der Waals surface area (Å²) in [7, 11) is -2.18. The van der Waals surface area contributed by atoms with Gasteiger partial charge in [-0.2, -0.15) is 0 Å². The van der Waals surface area contributed by atoms with E-state index in [0.717, 1.165) is 16.9 Å². The maximum absolute atomic E-state index is 12.6. The van der Waals surface area contributed by atoms with Crippen LogP contribution in [0.3, 0.4) is 0 Å². The fourth-order valence-corrected chi connectivity index (χ4v) is 6.73. The number of esters is 1. The Bertz CT molecular complexity index is 1260. The second-order valence-electron chi connectivity index (χ2n) is 7.00. The second-order valence-corrected chi connectivity index (χ2v) is 11.9. The molecule has 3 rings (SSSR count). The fraction of sp³-hybridized carbons (Fsp3) is 0.182. The molecule has 1 aromatic heterocycles. The zero-order valence-electron chi connectivity index (χ0n) is 18.1. The zero-order valence-corrected chi connectivity index (χ0v) is 22.9. The summed E-state index contributed by atoms with van der Waals surface area (Å²) in [6, 6.07) is 13.1. The monoisotopic (exact) mass is 630 g/mol. The van der Waals surface area contributed by atoms with Crippen LogP contribution in [0.25, 0.3) is 0 Å². The van der Waals surface area contributed by atoms with Gasteiger partial charge in [0, 0.05) is 16.0 Å². The summed E-state index contributed by atoms with van der Waals surface area (Å²) in [6.45, 7) is 1.04. The Morgan fingerprint density at radius 2 is 1.71 bits per heavy atom. The number of nitrogens with zero attached hydrogens (tertiary/aromatic N) is 1. The maximum atomic E-state index is 12.6. The van der Waals surface area contributed by atoms with Crippen molar-refractivity contribution in [2.75, 3.05) is 29.9 Å². The lowest BCUT2D eigenvalue weighted by molar-refractivity contribution is -0.149. The Labute approximate surface area is 218 Å². The minimum Gasteiger partial charge on any atom is -0.482 e. The van der Waals surface area contributed by atoms with Gasteiger partial charge in [-0.15, -0.1) is 11.3 Å². The standard InChI is InChI=1S/C22H20Br2N2O6S2/c1-14-10-17(23)22(18(24)11-14)25-19(27)12-32-20(28)13-31-16-7-5-15(6-8-16)26(2)34(29,30)21-4-3-9-33-21/h3-11H,12-13H2,1-2H3,(H,25,27). The Morgan fingerprint density at radius 1 is 1.06 bits per heavy atom. The van der Waals surface area contributed by atoms with Crippen LogP contribution >= 0.6 is 43.2 Å². The minimum absolute atomic E-state index is 0.240. The number of carbonyl (C=O) groups excluding carboxylic acids is 2. The van der Waals surface area contributed by atoms with Gasteiger partial charge in [0.25, 0.3) is 15.9 Å². The Balaban J connectivity index is 1.48. The van der Waals surface area contributed by atoms with Gasteiger partial charge in [0.1, 0.15) is 9.96 Å². The third-order valence-corrected chi connectivity index (χ3v) is 8.89. The maximum Gasteiger partial charge on any atom is 0.344 e. The molecule has 1 N–H and O–H groups in total. The van der Waals surface area contributed by atoms with Crippen molar-refractivity contribution >= 4 is 76.5 Å². The van der Waals surface area contributed by atoms with Crippen molar-refractivity contribution in [1.29, 1.82) is 0 Å². The van der Waals surface area contributed by atoms with E-state index in [1.165, 1.54) is 17.4 Å². The van der Waals surface area contributed by atoms with Gasteiger partial charge in [0.15, 0.2) is 13.2 Å². The van der Waals surface area contributed by atoms with Gasteiger partial charge in [0.05, 0.1) is 11.4 Å². The van der Waals surface area contributed by atoms with Crippen molar-refractivity contribution in [3.8, 4) is 5.75 Å². The summed E-state index contributed by atoms with van der Waals surface area (Å²) < 4.78 is 38.3. The lowest BCUT2D eigenvalue weighted by Crippen LogP contribution is -2.25. The molecule has 0 aliphatic rings. The minimum atomic E-state index is -3.64. The molecule has 2 aromatic carbocycles. The van der Waals surface area contributed by atoms with E-state index in [1.807, 2.05) is 19.1 Å². The number of nitrogens with one attached hydrogen (secondary N) is 1. The van der Waals surface area contributed by atoms with Gasteiger partial charge >= 0.3 is 5.97 Å². The van der Waals surface area contributed by atoms with Crippen LogP contribution < -0.4 is 14.4 Å². The summed E-state index contributed by atoms with van der Waals surface area (Å²) in [5.74, 6) is -0.879. The highest BCUT2D eigenvalue weighted by Crippen LogP contribution is 2.32. The average molecular weight is 632 g/mol. The summed E-state index contributed by atoms with van der Waals surface area (Å²) in [5, 5.41) is 4.37. The number of hydrogen-bond acceptors (Lipinski definition) is 7. The predicted octanol–water partition coefficient (Wildman–Crippen LogP) is 4.97. The first-order valence-corrected chi connectivity index (χ1v) is 13.6. The molecule has 0 spiro atoms. The van der Waals surface area contributed by atoms with E-state index in [9.17, 15) is 18.0 Å². The molecule has 0 aliphatic heterocycles. The van der Waals surface area contributed by atoms with Crippen LogP contribution in [-0.4, -0.2) is 40.6 Å². The number of benzene rings is 2. The SMILES string of the molecule is Cc1cc(Br)c(NC(=O)COC(=O)COc2ccc(N(C)S(=O)(=O)c3cccs3)cc2)c(Br)c1. The van der Waals surface area contributed by atoms with Crippen molar-refractivity contribution in [2.45, 2.75) is 11.1 Å². The molecule has 0 radical (unpaired) electrons. The Kier molecular flexibility index (Phi) is 8.74. The molecule has 0 saturated heterocycles. The number of hydrogen-bond donors (Lipinski definition) is 1. The molecular weight excluding hydrogens is 612 g/mol. The third kappa shape index (κ3) is 6.59. The molecule has 12 heteroatoms. The molecule has 180 valence electrons. The summed E-state index contributed by atoms with van der Waals surface area (Å²) >= 11 is 7.90. The van der Waals surface area contributed by atoms with Crippen LogP contribution in [-0.2, 0) is 24.3 Å². The van der Waals surface area contributed by atoms with Crippen molar-refractivity contribution in [2.24, 2.45) is 0 Å². The number of rotatable bonds is 9. The number of halogens is 2. The van der Waals surface area contributed by atoms with E-state index in [4.69, 9.17) is 9.47 Å². The first-order chi connectivity index (χ1) is 16.1. The molecule has 34 heavy (non-hydrogen) atoms. The quantitative estimate of drug-likeness (QED) is 0.335. The molecule has 8 nitrogen and oxygen atoms in total. The van der Waals surface area contributed by atoms with Crippen LogP contribution in [0.1, 0.15) is 5.56 Å². The molecule has 0 aliphatic carbocycles. The van der Waals surface area contributed by atoms with Crippen LogP contribution in [0.15, 0.2) is 67.1 Å². The number of carbonyl (C=O) groups is 2. The van der Waals surface area contributed by atoms with Gasteiger partial charge in [0.2, 0.25) is 0 Å². The predicted molar refractivity (Wildman–Crippen MR) is 138 cm³/mol. The Morgan fingerprint density at radius 3 is 2.29 bits per heavy atom. The topological polar surface area (TPSA) is 102 Å². The number of sulfonamides is 1. The third-order valence-electron chi connectivity index (χ3n) is 4.48. The van der Waals surface area contributed by atoms with Crippen molar-refractivity contribution < 1.29 is 27.5 Å². The number of thiophene rings is 1. The highest BCUT2D eigenvalue weighted by Gasteiger charge is 2.22. The van der Waals surface area contributed by atoms with E-state index >= 15 is 0 Å². The van der Waals surface area contributed by atoms with Crippen LogP contribution in [0.2, 0.25) is 0 Å². The first-order valence-electron chi connectivity index (χ1n) is 9.74. The van der Waals surface area contributed by atoms with E-state index in [-0.39, 0.29) is 4.21 Å². The highest BCUT2D eigenvalue weighted by molar-refractivity contribution is 9.11. The normalized spacial score (nSPS) is 11.1. The molecule has 3 aromatic rings. The number of amides is 1. The first kappa shape index (κ1) is 26.2. The van der Waals surface area contributed by atoms with Gasteiger partial charge in [-0.05, 0) is 92.2 Å². The molecule has 1 amide bonds. The van der Waals surface area contributed by atoms with Crippen molar-refractivity contribution in [3.05, 3.63) is 68.4 Å². The molecule has 0 bridgehead atoms. The van der Waals surface area contributed by atoms with Crippen molar-refractivity contribution in [3.63, 3.8) is 0 Å². The number of aryl methyl sites for hydroxylation is 1. The molecule has 0 unspecified atom stereocenters.